The predicted octanol–water partition coefficient (Wildman–Crippen LogP) is 2.73. The minimum Gasteiger partial charge on any atom is -0.481 e. The number of ether oxygens (including phenoxy) is 1. The van der Waals surface area contributed by atoms with Crippen molar-refractivity contribution < 1.29 is 22.7 Å². The molecule has 0 aromatic heterocycles. The van der Waals surface area contributed by atoms with E-state index in [9.17, 15) is 18.0 Å². The molecule has 0 aliphatic heterocycles. The summed E-state index contributed by atoms with van der Waals surface area (Å²) in [4.78, 5) is 24.1. The lowest BCUT2D eigenvalue weighted by Gasteiger charge is -2.15. The van der Waals surface area contributed by atoms with Gasteiger partial charge in [-0.15, -0.1) is 0 Å². The molecule has 0 aliphatic carbocycles. The van der Waals surface area contributed by atoms with Gasteiger partial charge in [0.1, 0.15) is 5.75 Å². The first-order chi connectivity index (χ1) is 12.6. The fourth-order valence-corrected chi connectivity index (χ4v) is 3.70. The maximum atomic E-state index is 12.2. The minimum atomic E-state index is -3.60. The number of hydrogen-bond acceptors (Lipinski definition) is 5. The third-order valence-electron chi connectivity index (χ3n) is 3.37. The molecule has 0 bridgehead atoms. The number of hydrogen-bond donors (Lipinski definition) is 2. The fraction of sp³-hybridized carbons (Fsp3) is 0.176. The summed E-state index contributed by atoms with van der Waals surface area (Å²) in [5, 5.41) is 0.00845. The molecule has 0 heterocycles. The Morgan fingerprint density at radius 1 is 1.15 bits per heavy atom. The van der Waals surface area contributed by atoms with Gasteiger partial charge < -0.3 is 4.74 Å². The van der Waals surface area contributed by atoms with Crippen molar-refractivity contribution in [1.82, 2.24) is 10.9 Å². The van der Waals surface area contributed by atoms with Crippen LogP contribution in [0.3, 0.4) is 0 Å². The van der Waals surface area contributed by atoms with Crippen LogP contribution in [0.15, 0.2) is 51.8 Å². The van der Waals surface area contributed by atoms with E-state index in [0.29, 0.717) is 5.75 Å². The Labute approximate surface area is 170 Å². The lowest BCUT2D eigenvalue weighted by Crippen LogP contribution is -2.47. The number of hydrazine groups is 1. The quantitative estimate of drug-likeness (QED) is 0.648. The molecule has 0 aliphatic rings. The smallest absolute Gasteiger partial charge is 0.279 e. The first kappa shape index (κ1) is 21.2. The van der Waals surface area contributed by atoms with E-state index in [0.717, 1.165) is 16.8 Å². The van der Waals surface area contributed by atoms with Gasteiger partial charge in [0.15, 0.2) is 15.9 Å². The molecule has 144 valence electrons. The molecule has 0 radical (unpaired) electrons. The highest BCUT2D eigenvalue weighted by atomic mass is 79.9. The van der Waals surface area contributed by atoms with Crippen LogP contribution in [0.2, 0.25) is 5.02 Å². The molecule has 2 amide bonds. The van der Waals surface area contributed by atoms with Gasteiger partial charge in [-0.1, -0.05) is 33.6 Å². The van der Waals surface area contributed by atoms with Crippen molar-refractivity contribution in [2.45, 2.75) is 17.9 Å². The van der Waals surface area contributed by atoms with Crippen LogP contribution in [0, 0.1) is 0 Å². The van der Waals surface area contributed by atoms with Crippen molar-refractivity contribution in [2.24, 2.45) is 0 Å². The Kier molecular flexibility index (Phi) is 6.85. The summed E-state index contributed by atoms with van der Waals surface area (Å²) in [5.41, 5.74) is 4.47. The number of nitrogens with one attached hydrogen (secondary N) is 2. The van der Waals surface area contributed by atoms with E-state index in [-0.39, 0.29) is 15.5 Å². The Hall–Kier alpha value is -2.10. The molecule has 7 nitrogen and oxygen atoms in total. The topological polar surface area (TPSA) is 102 Å². The Balaban J connectivity index is 1.99. The van der Waals surface area contributed by atoms with E-state index in [1.54, 1.807) is 18.2 Å². The first-order valence-electron chi connectivity index (χ1n) is 7.60. The van der Waals surface area contributed by atoms with Gasteiger partial charge in [-0.05, 0) is 43.3 Å². The molecule has 1 atom stereocenters. The van der Waals surface area contributed by atoms with Gasteiger partial charge in [0.25, 0.3) is 11.8 Å². The second kappa shape index (κ2) is 8.73. The summed E-state index contributed by atoms with van der Waals surface area (Å²) in [5.74, 6) is -0.797. The molecule has 0 saturated carbocycles. The number of amides is 2. The third-order valence-corrected chi connectivity index (χ3v) is 5.44. The van der Waals surface area contributed by atoms with E-state index >= 15 is 0 Å². The molecule has 2 aromatic carbocycles. The van der Waals surface area contributed by atoms with E-state index in [2.05, 4.69) is 26.8 Å². The Morgan fingerprint density at radius 2 is 1.85 bits per heavy atom. The number of carbonyl (C=O) groups excluding carboxylic acids is 2. The highest BCUT2D eigenvalue weighted by molar-refractivity contribution is 9.10. The lowest BCUT2D eigenvalue weighted by atomic mass is 10.2. The molecule has 2 N–H and O–H groups in total. The van der Waals surface area contributed by atoms with Crippen LogP contribution in [-0.2, 0) is 14.6 Å². The predicted molar refractivity (Wildman–Crippen MR) is 104 cm³/mol. The molecule has 27 heavy (non-hydrogen) atoms. The van der Waals surface area contributed by atoms with Crippen molar-refractivity contribution >= 4 is 49.2 Å². The van der Waals surface area contributed by atoms with Crippen LogP contribution >= 0.6 is 27.5 Å². The maximum absolute atomic E-state index is 12.2. The second-order valence-corrected chi connectivity index (χ2v) is 8.89. The van der Waals surface area contributed by atoms with Gasteiger partial charge in [0.2, 0.25) is 0 Å². The van der Waals surface area contributed by atoms with Crippen LogP contribution in [0.5, 0.6) is 5.75 Å². The van der Waals surface area contributed by atoms with Gasteiger partial charge in [-0.25, -0.2) is 8.42 Å². The van der Waals surface area contributed by atoms with Crippen molar-refractivity contribution in [1.29, 1.82) is 0 Å². The zero-order chi connectivity index (χ0) is 20.2. The Morgan fingerprint density at radius 3 is 2.48 bits per heavy atom. The standard InChI is InChI=1S/C17H16BrClN2O5S/c1-10(26-13-5-3-4-12(18)9-13)16(22)20-21-17(23)11-6-7-14(19)15(8-11)27(2,24)25/h3-10H,1-2H3,(H,20,22)(H,21,23). The highest BCUT2D eigenvalue weighted by Crippen LogP contribution is 2.22. The zero-order valence-corrected chi connectivity index (χ0v) is 17.5. The highest BCUT2D eigenvalue weighted by Gasteiger charge is 2.18. The monoisotopic (exact) mass is 474 g/mol. The first-order valence-corrected chi connectivity index (χ1v) is 10.7. The van der Waals surface area contributed by atoms with Crippen LogP contribution in [0.4, 0.5) is 0 Å². The van der Waals surface area contributed by atoms with Crippen molar-refractivity contribution in [3.05, 3.63) is 57.5 Å². The van der Waals surface area contributed by atoms with Crippen LogP contribution < -0.4 is 15.6 Å². The minimum absolute atomic E-state index is 0.00845. The summed E-state index contributed by atoms with van der Waals surface area (Å²) >= 11 is 9.14. The molecule has 0 spiro atoms. The largest absolute Gasteiger partial charge is 0.481 e. The fourth-order valence-electron chi connectivity index (χ4n) is 2.02. The molecule has 0 saturated heterocycles. The lowest BCUT2D eigenvalue weighted by molar-refractivity contribution is -0.128. The summed E-state index contributed by atoms with van der Waals surface area (Å²) in [6.45, 7) is 1.52. The van der Waals surface area contributed by atoms with Crippen molar-refractivity contribution in [3.8, 4) is 5.75 Å². The molecule has 0 fully saturated rings. The molecule has 2 aromatic rings. The van der Waals surface area contributed by atoms with E-state index in [1.807, 2.05) is 6.07 Å². The van der Waals surface area contributed by atoms with Gasteiger partial charge in [0, 0.05) is 16.3 Å². The van der Waals surface area contributed by atoms with Gasteiger partial charge >= 0.3 is 0 Å². The molecule has 1 unspecified atom stereocenters. The van der Waals surface area contributed by atoms with Gasteiger partial charge in [0.05, 0.1) is 9.92 Å². The van der Waals surface area contributed by atoms with Crippen molar-refractivity contribution in [2.75, 3.05) is 6.26 Å². The third kappa shape index (κ3) is 5.95. The van der Waals surface area contributed by atoms with Crippen molar-refractivity contribution in [3.63, 3.8) is 0 Å². The SMILES string of the molecule is CC(Oc1cccc(Br)c1)C(=O)NNC(=O)c1ccc(Cl)c(S(C)(=O)=O)c1. The average Bonchev–Trinajstić information content (AvgIpc) is 2.58. The Bertz CT molecular complexity index is 981. The van der Waals surface area contributed by atoms with E-state index in [4.69, 9.17) is 16.3 Å². The number of carbonyl (C=O) groups is 2. The van der Waals surface area contributed by atoms with E-state index in [1.165, 1.54) is 19.1 Å². The van der Waals surface area contributed by atoms with Gasteiger partial charge in [-0.2, -0.15) is 0 Å². The maximum Gasteiger partial charge on any atom is 0.279 e. The summed E-state index contributed by atoms with van der Waals surface area (Å²) in [6.07, 6.45) is 0.106. The number of sulfone groups is 1. The second-order valence-electron chi connectivity index (χ2n) is 5.58. The van der Waals surface area contributed by atoms with E-state index < -0.39 is 27.8 Å². The number of benzene rings is 2. The zero-order valence-electron chi connectivity index (χ0n) is 14.3. The summed E-state index contributed by atoms with van der Waals surface area (Å²) < 4.78 is 29.6. The summed E-state index contributed by atoms with van der Waals surface area (Å²) in [6, 6.07) is 10.7. The molecule has 2 rings (SSSR count). The molecular weight excluding hydrogens is 460 g/mol. The summed E-state index contributed by atoms with van der Waals surface area (Å²) in [7, 11) is -3.60. The number of halogens is 2. The van der Waals surface area contributed by atoms with Crippen LogP contribution in [0.1, 0.15) is 17.3 Å². The molecule has 10 heteroatoms. The van der Waals surface area contributed by atoms with Crippen LogP contribution in [-0.4, -0.2) is 32.6 Å². The van der Waals surface area contributed by atoms with Gasteiger partial charge in [-0.3, -0.25) is 20.4 Å². The number of rotatable bonds is 5. The molecular formula is C17H16BrClN2O5S. The average molecular weight is 476 g/mol. The normalized spacial score (nSPS) is 12.1. The van der Waals surface area contributed by atoms with Crippen LogP contribution in [0.25, 0.3) is 0 Å².